The molecule has 0 aliphatic rings. The topological polar surface area (TPSA) is 32.3 Å². The van der Waals surface area contributed by atoms with E-state index in [1.54, 1.807) is 19.0 Å². The van der Waals surface area contributed by atoms with E-state index in [0.29, 0.717) is 5.56 Å². The van der Waals surface area contributed by atoms with Crippen molar-refractivity contribution in [2.75, 3.05) is 26.5 Å². The lowest BCUT2D eigenvalue weighted by Crippen LogP contribution is -2.21. The maximum atomic E-state index is 11.8. The fourth-order valence-electron chi connectivity index (χ4n) is 1.89. The first-order chi connectivity index (χ1) is 9.11. The Balaban J connectivity index is 2.24. The van der Waals surface area contributed by atoms with Gasteiger partial charge in [-0.2, -0.15) is 0 Å². The van der Waals surface area contributed by atoms with Crippen molar-refractivity contribution in [2.24, 2.45) is 0 Å². The van der Waals surface area contributed by atoms with Gasteiger partial charge in [-0.15, -0.1) is 0 Å². The Labute approximate surface area is 113 Å². The molecule has 0 saturated heterocycles. The lowest BCUT2D eigenvalue weighted by atomic mass is 10.0. The Hall–Kier alpha value is -2.29. The normalized spacial score (nSPS) is 10.1. The molecule has 2 aromatic carbocycles. The Bertz CT molecular complexity index is 556. The summed E-state index contributed by atoms with van der Waals surface area (Å²) in [4.78, 5) is 13.4. The summed E-state index contributed by atoms with van der Waals surface area (Å²) in [5.74, 6) is 0.0251. The highest BCUT2D eigenvalue weighted by molar-refractivity contribution is 5.94. The molecule has 3 heteroatoms. The van der Waals surface area contributed by atoms with Gasteiger partial charge >= 0.3 is 0 Å². The highest BCUT2D eigenvalue weighted by Gasteiger charge is 2.07. The van der Waals surface area contributed by atoms with E-state index in [2.05, 4.69) is 17.4 Å². The Kier molecular flexibility index (Phi) is 3.85. The van der Waals surface area contributed by atoms with Crippen molar-refractivity contribution in [1.82, 2.24) is 4.90 Å². The van der Waals surface area contributed by atoms with Crippen molar-refractivity contribution >= 4 is 11.6 Å². The molecule has 3 nitrogen and oxygen atoms in total. The number of carbonyl (C=O) groups excluding carboxylic acids is 1. The number of nitrogens with zero attached hydrogens (tertiary/aromatic N) is 1. The van der Waals surface area contributed by atoms with E-state index in [9.17, 15) is 4.79 Å². The zero-order valence-electron chi connectivity index (χ0n) is 11.5. The minimum absolute atomic E-state index is 0.0251. The Morgan fingerprint density at radius 1 is 0.895 bits per heavy atom. The number of carbonyl (C=O) groups is 1. The average molecular weight is 254 g/mol. The second-order valence-corrected chi connectivity index (χ2v) is 4.60. The molecule has 0 spiro atoms. The summed E-state index contributed by atoms with van der Waals surface area (Å²) < 4.78 is 0. The van der Waals surface area contributed by atoms with E-state index in [1.165, 1.54) is 0 Å². The summed E-state index contributed by atoms with van der Waals surface area (Å²) >= 11 is 0. The fourth-order valence-corrected chi connectivity index (χ4v) is 1.89. The van der Waals surface area contributed by atoms with Crippen LogP contribution in [0.5, 0.6) is 0 Å². The average Bonchev–Trinajstić information content (AvgIpc) is 2.46. The second-order valence-electron chi connectivity index (χ2n) is 4.60. The van der Waals surface area contributed by atoms with Gasteiger partial charge in [0.15, 0.2) is 0 Å². The van der Waals surface area contributed by atoms with Gasteiger partial charge in [0.2, 0.25) is 0 Å². The summed E-state index contributed by atoms with van der Waals surface area (Å²) in [5, 5.41) is 3.09. The van der Waals surface area contributed by atoms with E-state index < -0.39 is 0 Å². The molecule has 0 unspecified atom stereocenters. The van der Waals surface area contributed by atoms with Gasteiger partial charge in [0.1, 0.15) is 0 Å². The quantitative estimate of drug-likeness (QED) is 0.912. The van der Waals surface area contributed by atoms with Crippen LogP contribution in [0.1, 0.15) is 10.4 Å². The van der Waals surface area contributed by atoms with Crippen molar-refractivity contribution in [3.05, 3.63) is 54.1 Å². The van der Waals surface area contributed by atoms with Crippen LogP contribution in [0.4, 0.5) is 5.69 Å². The number of anilines is 1. The molecule has 0 radical (unpaired) electrons. The van der Waals surface area contributed by atoms with Crippen LogP contribution in [0.25, 0.3) is 11.1 Å². The van der Waals surface area contributed by atoms with Crippen molar-refractivity contribution in [3.63, 3.8) is 0 Å². The van der Waals surface area contributed by atoms with Crippen LogP contribution in [0.15, 0.2) is 48.5 Å². The molecule has 1 N–H and O–H groups in total. The van der Waals surface area contributed by atoms with Crippen LogP contribution in [0.3, 0.4) is 0 Å². The molecule has 0 fully saturated rings. The number of amides is 1. The van der Waals surface area contributed by atoms with Gasteiger partial charge in [-0.1, -0.05) is 24.3 Å². The largest absolute Gasteiger partial charge is 0.388 e. The van der Waals surface area contributed by atoms with Crippen LogP contribution < -0.4 is 5.32 Å². The smallest absolute Gasteiger partial charge is 0.253 e. The van der Waals surface area contributed by atoms with Gasteiger partial charge in [-0.3, -0.25) is 4.79 Å². The molecule has 0 bridgehead atoms. The van der Waals surface area contributed by atoms with E-state index in [4.69, 9.17) is 0 Å². The van der Waals surface area contributed by atoms with E-state index >= 15 is 0 Å². The summed E-state index contributed by atoms with van der Waals surface area (Å²) in [6.07, 6.45) is 0. The number of rotatable bonds is 3. The van der Waals surface area contributed by atoms with Gasteiger partial charge in [-0.05, 0) is 35.4 Å². The van der Waals surface area contributed by atoms with Crippen LogP contribution >= 0.6 is 0 Å². The predicted molar refractivity (Wildman–Crippen MR) is 79.4 cm³/mol. The first-order valence-corrected chi connectivity index (χ1v) is 6.21. The van der Waals surface area contributed by atoms with Crippen LogP contribution in [-0.2, 0) is 0 Å². The predicted octanol–water partition coefficient (Wildman–Crippen LogP) is 3.10. The summed E-state index contributed by atoms with van der Waals surface area (Å²) in [5.41, 5.74) is 4.05. The number of benzene rings is 2. The standard InChI is InChI=1S/C16H18N2O/c1-17-15-10-8-13(9-11-15)12-4-6-14(7-5-12)16(19)18(2)3/h4-11,17H,1-3H3. The molecule has 0 aliphatic heterocycles. The van der Waals surface area contributed by atoms with Gasteiger partial charge in [0.25, 0.3) is 5.91 Å². The highest BCUT2D eigenvalue weighted by atomic mass is 16.2. The van der Waals surface area contributed by atoms with Crippen molar-refractivity contribution in [1.29, 1.82) is 0 Å². The number of hydrogen-bond donors (Lipinski definition) is 1. The molecule has 1 amide bonds. The third-order valence-electron chi connectivity index (χ3n) is 3.04. The Morgan fingerprint density at radius 2 is 1.37 bits per heavy atom. The molecule has 2 aromatic rings. The van der Waals surface area contributed by atoms with Gasteiger partial charge in [0.05, 0.1) is 0 Å². The molecule has 19 heavy (non-hydrogen) atoms. The highest BCUT2D eigenvalue weighted by Crippen LogP contribution is 2.22. The Morgan fingerprint density at radius 3 is 1.79 bits per heavy atom. The third-order valence-corrected chi connectivity index (χ3v) is 3.04. The minimum Gasteiger partial charge on any atom is -0.388 e. The van der Waals surface area contributed by atoms with E-state index in [-0.39, 0.29) is 5.91 Å². The van der Waals surface area contributed by atoms with Crippen LogP contribution in [0.2, 0.25) is 0 Å². The molecule has 0 saturated carbocycles. The van der Waals surface area contributed by atoms with Crippen LogP contribution in [0, 0.1) is 0 Å². The summed E-state index contributed by atoms with van der Waals surface area (Å²) in [6, 6.07) is 15.9. The first-order valence-electron chi connectivity index (χ1n) is 6.21. The maximum absolute atomic E-state index is 11.8. The first kappa shape index (κ1) is 13.1. The van der Waals surface area contributed by atoms with Gasteiger partial charge in [0, 0.05) is 32.4 Å². The molecule has 98 valence electrons. The third kappa shape index (κ3) is 2.94. The zero-order chi connectivity index (χ0) is 13.8. The van der Waals surface area contributed by atoms with Gasteiger partial charge < -0.3 is 10.2 Å². The van der Waals surface area contributed by atoms with E-state index in [1.807, 2.05) is 43.4 Å². The summed E-state index contributed by atoms with van der Waals surface area (Å²) in [7, 11) is 5.41. The van der Waals surface area contributed by atoms with Crippen LogP contribution in [-0.4, -0.2) is 32.0 Å². The molecule has 0 aromatic heterocycles. The molecule has 0 heterocycles. The molecule has 0 atom stereocenters. The molecular weight excluding hydrogens is 236 g/mol. The maximum Gasteiger partial charge on any atom is 0.253 e. The van der Waals surface area contributed by atoms with E-state index in [0.717, 1.165) is 16.8 Å². The number of nitrogens with one attached hydrogen (secondary N) is 1. The molecule has 0 aliphatic carbocycles. The SMILES string of the molecule is CNc1ccc(-c2ccc(C(=O)N(C)C)cc2)cc1. The second kappa shape index (κ2) is 5.57. The lowest BCUT2D eigenvalue weighted by Gasteiger charge is -2.10. The monoisotopic (exact) mass is 254 g/mol. The molecular formula is C16H18N2O. The van der Waals surface area contributed by atoms with Gasteiger partial charge in [-0.25, -0.2) is 0 Å². The van der Waals surface area contributed by atoms with Crippen molar-refractivity contribution in [2.45, 2.75) is 0 Å². The lowest BCUT2D eigenvalue weighted by molar-refractivity contribution is 0.0827. The minimum atomic E-state index is 0.0251. The summed E-state index contributed by atoms with van der Waals surface area (Å²) in [6.45, 7) is 0. The molecule has 2 rings (SSSR count). The van der Waals surface area contributed by atoms with Crippen molar-refractivity contribution < 1.29 is 4.79 Å². The van der Waals surface area contributed by atoms with Crippen molar-refractivity contribution in [3.8, 4) is 11.1 Å². The zero-order valence-corrected chi connectivity index (χ0v) is 11.5. The fraction of sp³-hybridized carbons (Fsp3) is 0.188. The number of hydrogen-bond acceptors (Lipinski definition) is 2.